The number of nitrogens with one attached hydrogen (secondary N) is 1. The van der Waals surface area contributed by atoms with Crippen LogP contribution in [0.3, 0.4) is 0 Å². The Morgan fingerprint density at radius 1 is 1.23 bits per heavy atom. The van der Waals surface area contributed by atoms with E-state index in [1.54, 1.807) is 31.6 Å². The number of hydrogen-bond donors (Lipinski definition) is 1. The number of sulfonamides is 1. The molecule has 1 fully saturated rings. The quantitative estimate of drug-likeness (QED) is 0.528. The van der Waals surface area contributed by atoms with E-state index in [0.717, 1.165) is 12.0 Å². The smallest absolute Gasteiger partial charge is 0.283 e. The maximum atomic E-state index is 14.8. The number of ether oxygens (including phenoxy) is 2. The van der Waals surface area contributed by atoms with Gasteiger partial charge < -0.3 is 9.47 Å². The molecule has 184 valence electrons. The second-order valence-corrected chi connectivity index (χ2v) is 10.4. The molecule has 0 saturated carbocycles. The summed E-state index contributed by atoms with van der Waals surface area (Å²) in [7, 11) is -1.12. The van der Waals surface area contributed by atoms with Crippen molar-refractivity contribution in [3.63, 3.8) is 0 Å². The van der Waals surface area contributed by atoms with Gasteiger partial charge in [-0.05, 0) is 65.3 Å². The Balaban J connectivity index is 1.44. The maximum Gasteiger partial charge on any atom is 0.283 e. The maximum absolute atomic E-state index is 14.8. The van der Waals surface area contributed by atoms with Crippen molar-refractivity contribution in [1.29, 1.82) is 0 Å². The second-order valence-electron chi connectivity index (χ2n) is 8.82. The Labute approximate surface area is 202 Å². The molecule has 11 heteroatoms. The number of hydrogen-bond acceptors (Lipinski definition) is 7. The van der Waals surface area contributed by atoms with Crippen LogP contribution in [-0.2, 0) is 56.2 Å². The lowest BCUT2D eigenvalue weighted by Gasteiger charge is -2.39. The fourth-order valence-electron chi connectivity index (χ4n) is 4.85. The summed E-state index contributed by atoms with van der Waals surface area (Å²) in [6.45, 7) is 0.560. The molecule has 0 atom stereocenters. The number of aromatic nitrogens is 3. The fraction of sp³-hybridized carbons (Fsp3) is 0.375. The van der Waals surface area contributed by atoms with E-state index in [2.05, 4.69) is 14.8 Å². The minimum atomic E-state index is -4.25. The minimum absolute atomic E-state index is 0.213. The first-order valence-corrected chi connectivity index (χ1v) is 12.7. The first-order chi connectivity index (χ1) is 16.7. The topological polar surface area (TPSA) is 112 Å². The molecule has 1 aliphatic carbocycles. The standard InChI is InChI=1S/C24H25FN4O5S/c1-29-21(24(33-2)13-34-14-24)12-23(27-29)35(31,32)28-22(30)11-19-16-4-3-5-17(16)20(25)10-18(19)15-6-8-26-9-7-15/h6-10,12H,3-5,11,13-14H2,1-2H3,(H,28,30). The normalized spacial score (nSPS) is 16.5. The summed E-state index contributed by atoms with van der Waals surface area (Å²) in [5.74, 6) is -1.03. The van der Waals surface area contributed by atoms with Gasteiger partial charge in [0.1, 0.15) is 5.82 Å². The average molecular weight is 501 g/mol. The van der Waals surface area contributed by atoms with Crippen molar-refractivity contribution >= 4 is 15.9 Å². The van der Waals surface area contributed by atoms with E-state index in [0.29, 0.717) is 40.8 Å². The molecule has 35 heavy (non-hydrogen) atoms. The molecule has 3 aromatic rings. The molecule has 3 heterocycles. The van der Waals surface area contributed by atoms with Crippen molar-refractivity contribution in [2.75, 3.05) is 20.3 Å². The molecule has 5 rings (SSSR count). The summed E-state index contributed by atoms with van der Waals surface area (Å²) in [5.41, 5.74) is 3.03. The predicted octanol–water partition coefficient (Wildman–Crippen LogP) is 2.03. The summed E-state index contributed by atoms with van der Waals surface area (Å²) in [5, 5.41) is 3.81. The van der Waals surface area contributed by atoms with E-state index >= 15 is 0 Å². The van der Waals surface area contributed by atoms with Crippen molar-refractivity contribution in [3.05, 3.63) is 64.9 Å². The van der Waals surface area contributed by atoms with Gasteiger partial charge in [-0.25, -0.2) is 9.11 Å². The van der Waals surface area contributed by atoms with Gasteiger partial charge in [-0.1, -0.05) is 0 Å². The number of aryl methyl sites for hydroxylation is 1. The highest BCUT2D eigenvalue weighted by Crippen LogP contribution is 2.36. The number of nitrogens with zero attached hydrogens (tertiary/aromatic N) is 3. The zero-order chi connectivity index (χ0) is 24.8. The summed E-state index contributed by atoms with van der Waals surface area (Å²) in [6.07, 6.45) is 4.97. The lowest BCUT2D eigenvalue weighted by molar-refractivity contribution is -0.206. The number of rotatable bonds is 7. The monoisotopic (exact) mass is 500 g/mol. The summed E-state index contributed by atoms with van der Waals surface area (Å²) < 4.78 is 55.2. The van der Waals surface area contributed by atoms with E-state index < -0.39 is 21.5 Å². The predicted molar refractivity (Wildman–Crippen MR) is 123 cm³/mol. The van der Waals surface area contributed by atoms with Gasteiger partial charge in [0, 0.05) is 32.6 Å². The van der Waals surface area contributed by atoms with Gasteiger partial charge >= 0.3 is 0 Å². The van der Waals surface area contributed by atoms with E-state index in [-0.39, 0.29) is 30.5 Å². The van der Waals surface area contributed by atoms with Gasteiger partial charge in [0.25, 0.3) is 10.0 Å². The highest BCUT2D eigenvalue weighted by Gasteiger charge is 2.44. The van der Waals surface area contributed by atoms with Crippen molar-refractivity contribution in [3.8, 4) is 11.1 Å². The van der Waals surface area contributed by atoms with Crippen LogP contribution in [0.2, 0.25) is 0 Å². The number of halogens is 1. The second kappa shape index (κ2) is 8.81. The van der Waals surface area contributed by atoms with Crippen LogP contribution < -0.4 is 4.72 Å². The highest BCUT2D eigenvalue weighted by atomic mass is 32.2. The average Bonchev–Trinajstić information content (AvgIpc) is 3.44. The van der Waals surface area contributed by atoms with Crippen LogP contribution in [0.4, 0.5) is 4.39 Å². The molecule has 2 aromatic heterocycles. The van der Waals surface area contributed by atoms with E-state index in [9.17, 15) is 17.6 Å². The van der Waals surface area contributed by atoms with Crippen molar-refractivity contribution in [1.82, 2.24) is 19.5 Å². The van der Waals surface area contributed by atoms with Crippen LogP contribution in [0.5, 0.6) is 0 Å². The van der Waals surface area contributed by atoms with Gasteiger partial charge in [-0.2, -0.15) is 13.5 Å². The van der Waals surface area contributed by atoms with E-state index in [1.165, 1.54) is 23.9 Å². The van der Waals surface area contributed by atoms with E-state index in [1.807, 2.05) is 0 Å². The van der Waals surface area contributed by atoms with Crippen molar-refractivity contribution < 1.29 is 27.1 Å². The van der Waals surface area contributed by atoms with Gasteiger partial charge in [0.2, 0.25) is 5.91 Å². The van der Waals surface area contributed by atoms with Crippen LogP contribution in [0, 0.1) is 5.82 Å². The molecule has 1 amide bonds. The Bertz CT molecular complexity index is 1400. The lowest BCUT2D eigenvalue weighted by atomic mass is 9.91. The summed E-state index contributed by atoms with van der Waals surface area (Å²) in [4.78, 5) is 17.0. The highest BCUT2D eigenvalue weighted by molar-refractivity contribution is 7.90. The van der Waals surface area contributed by atoms with Crippen LogP contribution in [0.1, 0.15) is 28.8 Å². The SMILES string of the molecule is COC1(c2cc(S(=O)(=O)NC(=O)Cc3c(-c4ccncc4)cc(F)c4c3CCC4)nn2C)COC1. The molecule has 1 aromatic carbocycles. The molecule has 1 aliphatic heterocycles. The minimum Gasteiger partial charge on any atom is -0.374 e. The molecular formula is C24H25FN4O5S. The molecular weight excluding hydrogens is 475 g/mol. The van der Waals surface area contributed by atoms with Crippen LogP contribution in [0.15, 0.2) is 41.7 Å². The Morgan fingerprint density at radius 2 is 1.94 bits per heavy atom. The number of methoxy groups -OCH3 is 1. The summed E-state index contributed by atoms with van der Waals surface area (Å²) >= 11 is 0. The van der Waals surface area contributed by atoms with Crippen molar-refractivity contribution in [2.24, 2.45) is 7.05 Å². The summed E-state index contributed by atoms with van der Waals surface area (Å²) in [6, 6.07) is 6.28. The van der Waals surface area contributed by atoms with Crippen LogP contribution in [-0.4, -0.2) is 49.4 Å². The Morgan fingerprint density at radius 3 is 2.60 bits per heavy atom. The third kappa shape index (κ3) is 4.13. The third-order valence-corrected chi connectivity index (χ3v) is 7.95. The molecule has 2 aliphatic rings. The van der Waals surface area contributed by atoms with Crippen LogP contribution in [0.25, 0.3) is 11.1 Å². The zero-order valence-corrected chi connectivity index (χ0v) is 20.2. The van der Waals surface area contributed by atoms with Gasteiger partial charge in [-0.15, -0.1) is 0 Å². The number of benzene rings is 1. The number of carbonyl (C=O) groups excluding carboxylic acids is 1. The molecule has 9 nitrogen and oxygen atoms in total. The first-order valence-electron chi connectivity index (χ1n) is 11.2. The van der Waals surface area contributed by atoms with Crippen molar-refractivity contribution in [2.45, 2.75) is 36.3 Å². The molecule has 1 N–H and O–H groups in total. The molecule has 0 spiro atoms. The largest absolute Gasteiger partial charge is 0.374 e. The van der Waals surface area contributed by atoms with Gasteiger partial charge in [0.15, 0.2) is 10.6 Å². The van der Waals surface area contributed by atoms with Gasteiger partial charge in [0.05, 0.1) is 25.3 Å². The Hall–Kier alpha value is -3.15. The molecule has 0 radical (unpaired) electrons. The molecule has 0 unspecified atom stereocenters. The number of amides is 1. The molecule has 0 bridgehead atoms. The van der Waals surface area contributed by atoms with E-state index in [4.69, 9.17) is 9.47 Å². The number of pyridine rings is 1. The first kappa shape index (κ1) is 23.6. The zero-order valence-electron chi connectivity index (χ0n) is 19.4. The lowest BCUT2D eigenvalue weighted by Crippen LogP contribution is -2.49. The van der Waals surface area contributed by atoms with Crippen LogP contribution >= 0.6 is 0 Å². The number of carbonyl (C=O) groups is 1. The van der Waals surface area contributed by atoms with Gasteiger partial charge in [-0.3, -0.25) is 14.5 Å². The Kier molecular flexibility index (Phi) is 5.94. The third-order valence-electron chi connectivity index (χ3n) is 6.70. The molecule has 1 saturated heterocycles. The fourth-order valence-corrected chi connectivity index (χ4v) is 5.82. The number of fused-ring (bicyclic) bond motifs is 1.